The summed E-state index contributed by atoms with van der Waals surface area (Å²) in [6.45, 7) is 3.44. The largest absolute Gasteiger partial charge is 0.491 e. The van der Waals surface area contributed by atoms with Gasteiger partial charge in [0.25, 0.3) is 0 Å². The molecule has 150 valence electrons. The highest BCUT2D eigenvalue weighted by atomic mass is 32.2. The number of sulfonamides is 1. The minimum atomic E-state index is -3.91. The van der Waals surface area contributed by atoms with Crippen molar-refractivity contribution in [3.63, 3.8) is 0 Å². The molecule has 3 N–H and O–H groups in total. The Labute approximate surface area is 164 Å². The van der Waals surface area contributed by atoms with Gasteiger partial charge in [0.1, 0.15) is 11.5 Å². The second-order valence-corrected chi connectivity index (χ2v) is 7.97. The highest BCUT2D eigenvalue weighted by Gasteiger charge is 2.17. The molecule has 0 heterocycles. The van der Waals surface area contributed by atoms with Gasteiger partial charge >= 0.3 is 0 Å². The highest BCUT2D eigenvalue weighted by Crippen LogP contribution is 2.17. The van der Waals surface area contributed by atoms with Crippen molar-refractivity contribution in [2.75, 3.05) is 22.3 Å². The van der Waals surface area contributed by atoms with E-state index in [1.807, 2.05) is 13.8 Å². The van der Waals surface area contributed by atoms with Crippen molar-refractivity contribution < 1.29 is 22.7 Å². The van der Waals surface area contributed by atoms with Crippen LogP contribution in [0.15, 0.2) is 54.6 Å². The van der Waals surface area contributed by atoms with E-state index in [-0.39, 0.29) is 12.6 Å². The number of rotatable bonds is 9. The first kappa shape index (κ1) is 21.2. The molecule has 8 nitrogen and oxygen atoms in total. The summed E-state index contributed by atoms with van der Waals surface area (Å²) in [6.07, 6.45) is 0.00493. The Balaban J connectivity index is 1.80. The number of hydrogen-bond acceptors (Lipinski definition) is 5. The van der Waals surface area contributed by atoms with E-state index in [1.54, 1.807) is 54.6 Å². The van der Waals surface area contributed by atoms with E-state index in [9.17, 15) is 18.0 Å². The maximum Gasteiger partial charge on any atom is 0.243 e. The van der Waals surface area contributed by atoms with Crippen LogP contribution in [0.1, 0.15) is 13.8 Å². The summed E-state index contributed by atoms with van der Waals surface area (Å²) in [4.78, 5) is 23.6. The van der Waals surface area contributed by atoms with Crippen LogP contribution in [0.5, 0.6) is 5.75 Å². The first-order valence-electron chi connectivity index (χ1n) is 8.62. The molecule has 0 aliphatic heterocycles. The summed E-state index contributed by atoms with van der Waals surface area (Å²) in [5.74, 6) is -1.42. The Bertz CT molecular complexity index is 897. The van der Waals surface area contributed by atoms with Crippen molar-refractivity contribution in [1.82, 2.24) is 5.32 Å². The average molecular weight is 405 g/mol. The summed E-state index contributed by atoms with van der Waals surface area (Å²) in [5.41, 5.74) is 0.895. The second-order valence-electron chi connectivity index (χ2n) is 6.24. The van der Waals surface area contributed by atoms with E-state index in [0.29, 0.717) is 17.1 Å². The molecule has 0 aliphatic rings. The number of nitrogens with one attached hydrogen (secondary N) is 3. The van der Waals surface area contributed by atoms with Gasteiger partial charge in [-0.2, -0.15) is 0 Å². The maximum atomic E-state index is 12.1. The Morgan fingerprint density at radius 2 is 1.57 bits per heavy atom. The van der Waals surface area contributed by atoms with Gasteiger partial charge < -0.3 is 15.4 Å². The lowest BCUT2D eigenvalue weighted by Crippen LogP contribution is -2.37. The van der Waals surface area contributed by atoms with Crippen molar-refractivity contribution in [2.24, 2.45) is 0 Å². The minimum Gasteiger partial charge on any atom is -0.491 e. The molecule has 9 heteroatoms. The fourth-order valence-corrected chi connectivity index (χ4v) is 3.23. The summed E-state index contributed by atoms with van der Waals surface area (Å²) in [5, 5.41) is 4.87. The number of amides is 2. The summed E-state index contributed by atoms with van der Waals surface area (Å²) in [7, 11) is -3.91. The zero-order chi connectivity index (χ0) is 20.6. The zero-order valence-electron chi connectivity index (χ0n) is 15.6. The molecule has 0 aromatic heterocycles. The lowest BCUT2D eigenvalue weighted by molar-refractivity contribution is -0.122. The van der Waals surface area contributed by atoms with Gasteiger partial charge in [0, 0.05) is 11.4 Å². The number of ether oxygens (including phenoxy) is 1. The number of anilines is 2. The summed E-state index contributed by atoms with van der Waals surface area (Å²) < 4.78 is 32.0. The molecule has 0 spiro atoms. The molecule has 0 aliphatic carbocycles. The third-order valence-corrected chi connectivity index (χ3v) is 4.51. The lowest BCUT2D eigenvalue weighted by Gasteiger charge is -2.11. The van der Waals surface area contributed by atoms with E-state index < -0.39 is 27.6 Å². The molecule has 2 amide bonds. The SMILES string of the molecule is CC(C)Oc1ccc(NS(=O)(=O)CC(=O)NCC(=O)Nc2ccccc2)cc1. The molecule has 0 radical (unpaired) electrons. The Morgan fingerprint density at radius 3 is 2.18 bits per heavy atom. The second kappa shape index (κ2) is 9.75. The van der Waals surface area contributed by atoms with Crippen LogP contribution in [0.3, 0.4) is 0 Å². The molecule has 0 atom stereocenters. The smallest absolute Gasteiger partial charge is 0.243 e. The van der Waals surface area contributed by atoms with Gasteiger partial charge in [-0.3, -0.25) is 14.3 Å². The predicted octanol–water partition coefficient (Wildman–Crippen LogP) is 1.97. The van der Waals surface area contributed by atoms with Crippen molar-refractivity contribution in [3.05, 3.63) is 54.6 Å². The Morgan fingerprint density at radius 1 is 0.929 bits per heavy atom. The Hall–Kier alpha value is -3.07. The van der Waals surface area contributed by atoms with Gasteiger partial charge in [0.05, 0.1) is 12.6 Å². The standard InChI is InChI=1S/C19H23N3O5S/c1-14(2)27-17-10-8-16(9-11-17)22-28(25,26)13-19(24)20-12-18(23)21-15-6-4-3-5-7-15/h3-11,14,22H,12-13H2,1-2H3,(H,20,24)(H,21,23). The number of carbonyl (C=O) groups is 2. The average Bonchev–Trinajstić information content (AvgIpc) is 2.61. The molecule has 2 aromatic carbocycles. The van der Waals surface area contributed by atoms with Crippen LogP contribution in [0.25, 0.3) is 0 Å². The molecule has 0 saturated carbocycles. The quantitative estimate of drug-likeness (QED) is 0.590. The van der Waals surface area contributed by atoms with Crippen molar-refractivity contribution in [2.45, 2.75) is 20.0 Å². The van der Waals surface area contributed by atoms with Crippen molar-refractivity contribution >= 4 is 33.2 Å². The van der Waals surface area contributed by atoms with E-state index in [4.69, 9.17) is 4.74 Å². The predicted molar refractivity (Wildman–Crippen MR) is 108 cm³/mol. The van der Waals surface area contributed by atoms with Gasteiger partial charge in [0.2, 0.25) is 21.8 Å². The maximum absolute atomic E-state index is 12.1. The molecular formula is C19H23N3O5S. The molecule has 28 heavy (non-hydrogen) atoms. The van der Waals surface area contributed by atoms with Crippen molar-refractivity contribution in [3.8, 4) is 5.75 Å². The molecule has 0 unspecified atom stereocenters. The fraction of sp³-hybridized carbons (Fsp3) is 0.263. The summed E-state index contributed by atoms with van der Waals surface area (Å²) >= 11 is 0. The topological polar surface area (TPSA) is 114 Å². The van der Waals surface area contributed by atoms with Crippen LogP contribution in [0.4, 0.5) is 11.4 Å². The van der Waals surface area contributed by atoms with Crippen LogP contribution >= 0.6 is 0 Å². The van der Waals surface area contributed by atoms with Crippen LogP contribution in [-0.2, 0) is 19.6 Å². The third-order valence-electron chi connectivity index (χ3n) is 3.32. The fourth-order valence-electron chi connectivity index (χ4n) is 2.22. The Kier molecular flexibility index (Phi) is 7.39. The third kappa shape index (κ3) is 7.67. The van der Waals surface area contributed by atoms with Gasteiger partial charge in [-0.15, -0.1) is 0 Å². The molecule has 0 bridgehead atoms. The van der Waals surface area contributed by atoms with E-state index in [1.165, 1.54) is 0 Å². The number of para-hydroxylation sites is 1. The van der Waals surface area contributed by atoms with E-state index in [2.05, 4.69) is 15.4 Å². The van der Waals surface area contributed by atoms with Gasteiger partial charge in [-0.25, -0.2) is 8.42 Å². The molecule has 2 aromatic rings. The number of carbonyl (C=O) groups excluding carboxylic acids is 2. The van der Waals surface area contributed by atoms with Crippen LogP contribution < -0.4 is 20.1 Å². The van der Waals surface area contributed by atoms with Crippen molar-refractivity contribution in [1.29, 1.82) is 0 Å². The number of hydrogen-bond donors (Lipinski definition) is 3. The molecule has 0 saturated heterocycles. The zero-order valence-corrected chi connectivity index (χ0v) is 16.5. The van der Waals surface area contributed by atoms with Gasteiger partial charge in [-0.1, -0.05) is 18.2 Å². The normalized spacial score (nSPS) is 11.0. The number of benzene rings is 2. The molecular weight excluding hydrogens is 382 g/mol. The van der Waals surface area contributed by atoms with Crippen LogP contribution in [0, 0.1) is 0 Å². The summed E-state index contributed by atoms with van der Waals surface area (Å²) in [6, 6.07) is 15.1. The lowest BCUT2D eigenvalue weighted by atomic mass is 10.3. The van der Waals surface area contributed by atoms with E-state index >= 15 is 0 Å². The van der Waals surface area contributed by atoms with Crippen LogP contribution in [-0.4, -0.2) is 38.6 Å². The molecule has 0 fully saturated rings. The van der Waals surface area contributed by atoms with Crippen LogP contribution in [0.2, 0.25) is 0 Å². The van der Waals surface area contributed by atoms with Gasteiger partial charge in [0.15, 0.2) is 0 Å². The monoisotopic (exact) mass is 405 g/mol. The minimum absolute atomic E-state index is 0.00493. The van der Waals surface area contributed by atoms with Gasteiger partial charge in [-0.05, 0) is 50.2 Å². The van der Waals surface area contributed by atoms with E-state index in [0.717, 1.165) is 0 Å². The first-order valence-corrected chi connectivity index (χ1v) is 10.3. The highest BCUT2D eigenvalue weighted by molar-refractivity contribution is 7.93. The molecule has 2 rings (SSSR count). The first-order chi connectivity index (χ1) is 13.2.